The van der Waals surface area contributed by atoms with Gasteiger partial charge in [0.05, 0.1) is 0 Å². The second-order valence-electron chi connectivity index (χ2n) is 0.447. The van der Waals surface area contributed by atoms with Gasteiger partial charge in [-0.05, 0) is 0 Å². The van der Waals surface area contributed by atoms with Gasteiger partial charge in [-0.3, -0.25) is 0 Å². The second kappa shape index (κ2) is 3.46. The van der Waals surface area contributed by atoms with Crippen molar-refractivity contribution < 1.29 is 61.5 Å². The Kier molecular flexibility index (Phi) is 6.02. The third kappa shape index (κ3) is 50.9. The molecule has 4 nitrogen and oxygen atoms in total. The van der Waals surface area contributed by atoms with Gasteiger partial charge in [0.15, 0.2) is 0 Å². The number of hydrogen-bond donors (Lipinski definition) is 0. The molecule has 0 heterocycles. The zero-order valence-electron chi connectivity index (χ0n) is 3.58. The standard InChI is InChI=1S/Nd.H3O4P/c;1-5(2,3)4/h;(H3,1,2,3,4)/q+3;/p-2. The van der Waals surface area contributed by atoms with Gasteiger partial charge in [-0.15, -0.1) is 0 Å². The summed E-state index contributed by atoms with van der Waals surface area (Å²) < 4.78 is 8.55. The summed E-state index contributed by atoms with van der Waals surface area (Å²) >= 11 is 0. The van der Waals surface area contributed by atoms with Gasteiger partial charge in [-0.25, -0.2) is 0 Å². The first-order chi connectivity index (χ1) is 2.00. The Labute approximate surface area is 68.8 Å². The summed E-state index contributed by atoms with van der Waals surface area (Å²) in [6, 6.07) is 0. The van der Waals surface area contributed by atoms with Gasteiger partial charge in [0, 0.05) is 0 Å². The Balaban J connectivity index is -0.0000000800. The van der Waals surface area contributed by atoms with Crippen LogP contribution in [0, 0.1) is 40.8 Å². The van der Waals surface area contributed by atoms with E-state index in [0.717, 1.165) is 0 Å². The Morgan fingerprint density at radius 1 is 1.33 bits per heavy atom. The maximum Gasteiger partial charge on any atom is 3.00 e. The summed E-state index contributed by atoms with van der Waals surface area (Å²) in [7, 11) is -5.39. The molecule has 0 rings (SSSR count). The van der Waals surface area contributed by atoms with E-state index in [1.807, 2.05) is 0 Å². The Morgan fingerprint density at radius 2 is 1.33 bits per heavy atom. The minimum absolute atomic E-state index is 0. The summed E-state index contributed by atoms with van der Waals surface area (Å²) in [6.07, 6.45) is 0. The Morgan fingerprint density at radius 3 is 1.33 bits per heavy atom. The van der Waals surface area contributed by atoms with Crippen LogP contribution in [0.4, 0.5) is 0 Å². The summed E-state index contributed by atoms with van der Waals surface area (Å²) in [5, 5.41) is 0. The molecule has 0 fully saturated rings. The summed E-state index contributed by atoms with van der Waals surface area (Å²) in [5.74, 6) is 0. The minimum Gasteiger partial charge on any atom is -0.822 e. The zero-order chi connectivity index (χ0) is 4.50. The summed E-state index contributed by atoms with van der Waals surface area (Å²) in [4.78, 5) is 25.6. The van der Waals surface area contributed by atoms with E-state index in [2.05, 4.69) is 0 Å². The van der Waals surface area contributed by atoms with Crippen LogP contribution >= 0.6 is 7.82 Å². The van der Waals surface area contributed by atoms with Gasteiger partial charge in [-0.2, -0.15) is 7.82 Å². The Bertz CT molecular complexity index is 57.8. The van der Waals surface area contributed by atoms with Crippen molar-refractivity contribution in [2.75, 3.05) is 0 Å². The van der Waals surface area contributed by atoms with Gasteiger partial charge in [0.25, 0.3) is 0 Å². The maximum absolute atomic E-state index is 8.55. The van der Waals surface area contributed by atoms with Crippen molar-refractivity contribution >= 4 is 7.82 Å². The van der Waals surface area contributed by atoms with Gasteiger partial charge >= 0.3 is 42.3 Å². The van der Waals surface area contributed by atoms with E-state index in [-0.39, 0.29) is 42.3 Å². The van der Waals surface area contributed by atoms with E-state index in [4.69, 9.17) is 19.2 Å². The van der Waals surface area contributed by atoms with Crippen molar-refractivity contribution in [3.8, 4) is 0 Å². The normalized spacial score (nSPS) is 9.83. The van der Waals surface area contributed by atoms with E-state index < -0.39 is 7.82 Å². The molecule has 0 amide bonds. The first-order valence-electron chi connectivity index (χ1n) is 0.730. The average molecular weight is 240 g/mol. The van der Waals surface area contributed by atoms with Crippen molar-refractivity contribution in [3.63, 3.8) is 0 Å². The molecule has 0 aromatic carbocycles. The van der Waals surface area contributed by atoms with Crippen LogP contribution in [0.5, 0.6) is 0 Å². The van der Waals surface area contributed by atoms with Crippen LogP contribution in [0.1, 0.15) is 1.43 Å². The maximum atomic E-state index is 8.55. The summed E-state index contributed by atoms with van der Waals surface area (Å²) in [5.41, 5.74) is 0. The van der Waals surface area contributed by atoms with Crippen molar-refractivity contribution in [2.45, 2.75) is 0 Å². The van der Waals surface area contributed by atoms with E-state index in [1.54, 1.807) is 0 Å². The van der Waals surface area contributed by atoms with Crippen LogP contribution in [-0.2, 0) is 4.57 Å². The van der Waals surface area contributed by atoms with Gasteiger partial charge < -0.3 is 19.2 Å². The van der Waals surface area contributed by atoms with E-state index >= 15 is 0 Å². The third-order valence-corrected chi connectivity index (χ3v) is 0. The van der Waals surface area contributed by atoms with E-state index in [0.29, 0.717) is 0 Å². The number of rotatable bonds is 0. The molecule has 0 aliphatic rings. The van der Waals surface area contributed by atoms with Crippen LogP contribution in [0.3, 0.4) is 0 Å². The molecule has 0 aliphatic carbocycles. The topological polar surface area (TPSA) is 86.2 Å². The minimum atomic E-state index is -5.39. The van der Waals surface area contributed by atoms with Gasteiger partial charge in [0.2, 0.25) is 0 Å². The molecule has 6 heteroatoms. The first kappa shape index (κ1) is 10.4. The summed E-state index contributed by atoms with van der Waals surface area (Å²) in [6.45, 7) is 0. The van der Waals surface area contributed by atoms with Crippen LogP contribution in [0.15, 0.2) is 0 Å². The van der Waals surface area contributed by atoms with Crippen molar-refractivity contribution in [1.82, 2.24) is 0 Å². The quantitative estimate of drug-likeness (QED) is 0.431. The molecule has 6 heavy (non-hydrogen) atoms. The van der Waals surface area contributed by atoms with Crippen LogP contribution < -0.4 is 14.7 Å². The third-order valence-electron chi connectivity index (χ3n) is 0. The van der Waals surface area contributed by atoms with Crippen molar-refractivity contribution in [3.05, 3.63) is 0 Å². The smallest absolute Gasteiger partial charge is 0.822 e. The van der Waals surface area contributed by atoms with E-state index in [1.165, 1.54) is 0 Å². The molecule has 0 unspecified atom stereocenters. The van der Waals surface area contributed by atoms with Crippen LogP contribution in [-0.4, -0.2) is 0 Å². The fraction of sp³-hybridized carbons (Fsp3) is 0. The van der Waals surface area contributed by atoms with Crippen LogP contribution in [0.25, 0.3) is 0 Å². The fourth-order valence-corrected chi connectivity index (χ4v) is 0. The van der Waals surface area contributed by atoms with E-state index in [9.17, 15) is 0 Å². The fourth-order valence-electron chi connectivity index (χ4n) is 0. The zero-order valence-corrected chi connectivity index (χ0v) is 6.68. The molecule has 0 bridgehead atoms. The SMILES string of the molecule is O=P([O-])([O-])[O-].[H+].[Nd+3]. The molecule has 1 radical (unpaired) electrons. The molecule has 0 saturated carbocycles. The first-order valence-corrected chi connectivity index (χ1v) is 2.19. The van der Waals surface area contributed by atoms with Crippen LogP contribution in [0.2, 0.25) is 0 Å². The molecule has 0 spiro atoms. The number of phosphoric acid groups is 1. The molecule has 0 aliphatic heterocycles. The molecule has 0 aromatic rings. The second-order valence-corrected chi connectivity index (χ2v) is 1.34. The molecular formula is HNdO4P+. The largest absolute Gasteiger partial charge is 3.00 e. The predicted molar refractivity (Wildman–Crippen MR) is 8.72 cm³/mol. The predicted octanol–water partition coefficient (Wildman–Crippen LogP) is -2.71. The molecule has 33 valence electrons. The van der Waals surface area contributed by atoms with Crippen molar-refractivity contribution in [2.24, 2.45) is 0 Å². The Hall–Kier alpha value is 1.46. The molecule has 0 aromatic heterocycles. The molecular weight excluding hydrogens is 239 g/mol. The van der Waals surface area contributed by atoms with Gasteiger partial charge in [0.1, 0.15) is 0 Å². The molecule has 0 saturated heterocycles. The average Bonchev–Trinajstić information content (AvgIpc) is 0.722. The molecule has 0 N–H and O–H groups in total. The molecule has 0 atom stereocenters. The van der Waals surface area contributed by atoms with Crippen molar-refractivity contribution in [1.29, 1.82) is 0 Å². The van der Waals surface area contributed by atoms with Gasteiger partial charge in [-0.1, -0.05) is 0 Å². The number of hydrogen-bond acceptors (Lipinski definition) is 4. The monoisotopic (exact) mass is 238 g/mol.